The van der Waals surface area contributed by atoms with Crippen molar-refractivity contribution >= 4 is 5.69 Å². The van der Waals surface area contributed by atoms with E-state index in [1.165, 1.54) is 0 Å². The van der Waals surface area contributed by atoms with Gasteiger partial charge in [-0.2, -0.15) is 0 Å². The molecule has 2 aliphatic heterocycles. The van der Waals surface area contributed by atoms with Gasteiger partial charge in [0, 0.05) is 30.3 Å². The van der Waals surface area contributed by atoms with Gasteiger partial charge < -0.3 is 10.2 Å². The number of nitrogens with one attached hydrogen (secondary N) is 1. The fourth-order valence-corrected chi connectivity index (χ4v) is 3.54. The minimum Gasteiger partial charge on any atom is -0.363 e. The van der Waals surface area contributed by atoms with Crippen molar-refractivity contribution in [3.63, 3.8) is 0 Å². The van der Waals surface area contributed by atoms with Crippen LogP contribution < -0.4 is 10.2 Å². The summed E-state index contributed by atoms with van der Waals surface area (Å²) in [5.41, 5.74) is 0.0829. The molecule has 2 aliphatic rings. The fourth-order valence-electron chi connectivity index (χ4n) is 3.54. The van der Waals surface area contributed by atoms with Crippen LogP contribution in [0.15, 0.2) is 12.1 Å². The molecule has 2 nitrogen and oxygen atoms in total. The summed E-state index contributed by atoms with van der Waals surface area (Å²) >= 11 is 0. The number of anilines is 1. The summed E-state index contributed by atoms with van der Waals surface area (Å²) in [7, 11) is 1.92. The third-order valence-corrected chi connectivity index (χ3v) is 4.39. The first-order chi connectivity index (χ1) is 9.10. The van der Waals surface area contributed by atoms with Crippen LogP contribution in [0.4, 0.5) is 18.9 Å². The maximum Gasteiger partial charge on any atom is 0.182 e. The minimum atomic E-state index is -1.11. The number of benzene rings is 1. The highest BCUT2D eigenvalue weighted by Crippen LogP contribution is 2.40. The van der Waals surface area contributed by atoms with E-state index in [9.17, 15) is 13.2 Å². The van der Waals surface area contributed by atoms with E-state index in [-0.39, 0.29) is 17.8 Å². The van der Waals surface area contributed by atoms with Crippen molar-refractivity contribution in [2.24, 2.45) is 0 Å². The molecule has 1 aromatic rings. The summed E-state index contributed by atoms with van der Waals surface area (Å²) < 4.78 is 40.6. The van der Waals surface area contributed by atoms with Crippen LogP contribution in [0.5, 0.6) is 0 Å². The van der Waals surface area contributed by atoms with Crippen molar-refractivity contribution in [3.05, 3.63) is 29.6 Å². The molecule has 2 heterocycles. The molecule has 104 valence electrons. The van der Waals surface area contributed by atoms with E-state index in [2.05, 4.69) is 5.32 Å². The standard InChI is InChI=1S/C14H17F3N2/c1-18-9-6-10-2-3-11(7-9)19(10)13-5-8(15)4-12(16)14(13)17/h4-5,9-11,18H,2-3,6-7H2,1H3. The highest BCUT2D eigenvalue weighted by molar-refractivity contribution is 5.52. The second-order valence-corrected chi connectivity index (χ2v) is 5.47. The molecule has 2 fully saturated rings. The molecule has 0 saturated carbocycles. The van der Waals surface area contributed by atoms with Gasteiger partial charge in [-0.3, -0.25) is 0 Å². The van der Waals surface area contributed by atoms with Crippen molar-refractivity contribution in [2.45, 2.75) is 43.8 Å². The summed E-state index contributed by atoms with van der Waals surface area (Å²) in [6.45, 7) is 0. The Morgan fingerprint density at radius 2 is 1.74 bits per heavy atom. The summed E-state index contributed by atoms with van der Waals surface area (Å²) in [4.78, 5) is 1.88. The number of halogens is 3. The summed E-state index contributed by atoms with van der Waals surface area (Å²) in [6.07, 6.45) is 3.70. The first kappa shape index (κ1) is 12.8. The maximum absolute atomic E-state index is 13.9. The van der Waals surface area contributed by atoms with Crippen molar-refractivity contribution in [3.8, 4) is 0 Å². The van der Waals surface area contributed by atoms with Crippen LogP contribution in [0.2, 0.25) is 0 Å². The van der Waals surface area contributed by atoms with Gasteiger partial charge in [0.25, 0.3) is 0 Å². The van der Waals surface area contributed by atoms with Crippen LogP contribution >= 0.6 is 0 Å². The molecule has 3 rings (SSSR count). The Bertz CT molecular complexity index is 478. The normalized spacial score (nSPS) is 29.9. The monoisotopic (exact) mass is 270 g/mol. The zero-order valence-electron chi connectivity index (χ0n) is 10.8. The van der Waals surface area contributed by atoms with Crippen molar-refractivity contribution in [2.75, 3.05) is 11.9 Å². The van der Waals surface area contributed by atoms with Gasteiger partial charge in [0.15, 0.2) is 11.6 Å². The van der Waals surface area contributed by atoms with Gasteiger partial charge in [0.1, 0.15) is 5.82 Å². The number of hydrogen-bond donors (Lipinski definition) is 1. The molecule has 1 aromatic carbocycles. The lowest BCUT2D eigenvalue weighted by Gasteiger charge is -2.40. The van der Waals surface area contributed by atoms with Gasteiger partial charge >= 0.3 is 0 Å². The average molecular weight is 270 g/mol. The lowest BCUT2D eigenvalue weighted by Crippen LogP contribution is -2.48. The van der Waals surface area contributed by atoms with E-state index in [0.29, 0.717) is 12.1 Å². The highest BCUT2D eigenvalue weighted by Gasteiger charge is 2.41. The third-order valence-electron chi connectivity index (χ3n) is 4.39. The molecule has 2 bridgehead atoms. The zero-order chi connectivity index (χ0) is 13.6. The highest BCUT2D eigenvalue weighted by atomic mass is 19.2. The first-order valence-electron chi connectivity index (χ1n) is 6.70. The van der Waals surface area contributed by atoms with Gasteiger partial charge in [-0.25, -0.2) is 13.2 Å². The number of piperidine rings is 1. The van der Waals surface area contributed by atoms with Crippen LogP contribution in [0.1, 0.15) is 25.7 Å². The van der Waals surface area contributed by atoms with Crippen molar-refractivity contribution in [1.29, 1.82) is 0 Å². The third kappa shape index (κ3) is 2.10. The van der Waals surface area contributed by atoms with Crippen LogP contribution in [0.3, 0.4) is 0 Å². The number of nitrogens with zero attached hydrogens (tertiary/aromatic N) is 1. The Morgan fingerprint density at radius 1 is 1.11 bits per heavy atom. The van der Waals surface area contributed by atoms with E-state index in [1.54, 1.807) is 0 Å². The molecular weight excluding hydrogens is 253 g/mol. The fraction of sp³-hybridized carbons (Fsp3) is 0.571. The molecule has 0 aromatic heterocycles. The van der Waals surface area contributed by atoms with Gasteiger partial charge in [0.05, 0.1) is 5.69 Å². The van der Waals surface area contributed by atoms with E-state index in [4.69, 9.17) is 0 Å². The number of fused-ring (bicyclic) bond motifs is 2. The molecule has 19 heavy (non-hydrogen) atoms. The lowest BCUT2D eigenvalue weighted by atomic mass is 9.96. The average Bonchev–Trinajstić information content (AvgIpc) is 2.64. The smallest absolute Gasteiger partial charge is 0.182 e. The van der Waals surface area contributed by atoms with Gasteiger partial charge in [-0.1, -0.05) is 0 Å². The quantitative estimate of drug-likeness (QED) is 0.831. The van der Waals surface area contributed by atoms with Crippen LogP contribution in [-0.2, 0) is 0 Å². The molecule has 2 unspecified atom stereocenters. The molecule has 1 N–H and O–H groups in total. The molecule has 5 heteroatoms. The van der Waals surface area contributed by atoms with Crippen molar-refractivity contribution < 1.29 is 13.2 Å². The second-order valence-electron chi connectivity index (χ2n) is 5.47. The molecule has 2 saturated heterocycles. The molecule has 2 atom stereocenters. The van der Waals surface area contributed by atoms with E-state index in [0.717, 1.165) is 31.7 Å². The van der Waals surface area contributed by atoms with E-state index >= 15 is 0 Å². The summed E-state index contributed by atoms with van der Waals surface area (Å²) in [6, 6.07) is 2.47. The first-order valence-corrected chi connectivity index (χ1v) is 6.70. The molecule has 0 spiro atoms. The van der Waals surface area contributed by atoms with E-state index in [1.807, 2.05) is 11.9 Å². The number of rotatable bonds is 2. The van der Waals surface area contributed by atoms with Crippen molar-refractivity contribution in [1.82, 2.24) is 5.32 Å². The second kappa shape index (κ2) is 4.71. The Morgan fingerprint density at radius 3 is 2.32 bits per heavy atom. The van der Waals surface area contributed by atoms with Gasteiger partial charge in [-0.05, 0) is 32.7 Å². The Balaban J connectivity index is 1.96. The molecule has 0 amide bonds. The summed E-state index contributed by atoms with van der Waals surface area (Å²) in [5.74, 6) is -2.75. The van der Waals surface area contributed by atoms with Crippen LogP contribution in [0, 0.1) is 17.5 Å². The molecule has 0 aliphatic carbocycles. The Hall–Kier alpha value is -1.23. The van der Waals surface area contributed by atoms with Gasteiger partial charge in [-0.15, -0.1) is 0 Å². The van der Waals surface area contributed by atoms with Crippen LogP contribution in [-0.4, -0.2) is 25.2 Å². The minimum absolute atomic E-state index is 0.0829. The SMILES string of the molecule is CNC1CC2CCC(C1)N2c1cc(F)cc(F)c1F. The van der Waals surface area contributed by atoms with Crippen LogP contribution in [0.25, 0.3) is 0 Å². The van der Waals surface area contributed by atoms with Gasteiger partial charge in [0.2, 0.25) is 0 Å². The largest absolute Gasteiger partial charge is 0.363 e. The predicted octanol–water partition coefficient (Wildman–Crippen LogP) is 2.82. The number of hydrogen-bond acceptors (Lipinski definition) is 2. The lowest BCUT2D eigenvalue weighted by molar-refractivity contribution is 0.368. The molecular formula is C14H17F3N2. The molecule has 0 radical (unpaired) electrons. The maximum atomic E-state index is 13.9. The predicted molar refractivity (Wildman–Crippen MR) is 67.7 cm³/mol. The topological polar surface area (TPSA) is 15.3 Å². The Kier molecular flexibility index (Phi) is 3.17. The summed E-state index contributed by atoms with van der Waals surface area (Å²) in [5, 5.41) is 3.25. The Labute approximate surface area is 110 Å². The van der Waals surface area contributed by atoms with E-state index < -0.39 is 17.5 Å². The zero-order valence-corrected chi connectivity index (χ0v) is 10.8.